The third-order valence-electron chi connectivity index (χ3n) is 6.66. The normalized spacial score (nSPS) is 27.1. The fraction of sp³-hybridized carbons (Fsp3) is 0.600. The largest absolute Gasteiger partial charge is 0.493 e. The van der Waals surface area contributed by atoms with Crippen LogP contribution >= 0.6 is 0 Å². The molecule has 0 bridgehead atoms. The van der Waals surface area contributed by atoms with Crippen molar-refractivity contribution in [1.82, 2.24) is 0 Å². The number of ketones is 1. The number of allylic oxidation sites excluding steroid dienone is 1. The minimum atomic E-state index is -0.247. The van der Waals surface area contributed by atoms with E-state index in [0.717, 1.165) is 31.2 Å². The van der Waals surface area contributed by atoms with Crippen LogP contribution in [0.4, 0.5) is 0 Å². The standard InChI is InChI=1S/C25H32O5/c1-16(2)19-10-6-7-11-21(19)30-23-15-28-22-14-18(12-13-20(22)24(23)26)29-25(27)17-8-4-3-5-9-17/h6-7,10-11,15-18,20,22H,3-5,8-9,12-14H2,1-2H3. The van der Waals surface area contributed by atoms with Crippen molar-refractivity contribution in [2.75, 3.05) is 0 Å². The summed E-state index contributed by atoms with van der Waals surface area (Å²) in [7, 11) is 0. The van der Waals surface area contributed by atoms with Gasteiger partial charge in [-0.3, -0.25) is 9.59 Å². The summed E-state index contributed by atoms with van der Waals surface area (Å²) < 4.78 is 17.7. The van der Waals surface area contributed by atoms with Gasteiger partial charge in [-0.05, 0) is 43.2 Å². The summed E-state index contributed by atoms with van der Waals surface area (Å²) in [5.41, 5.74) is 1.06. The molecule has 5 nitrogen and oxygen atoms in total. The molecule has 0 N–H and O–H groups in total. The molecule has 3 atom stereocenters. The van der Waals surface area contributed by atoms with Crippen molar-refractivity contribution < 1.29 is 23.8 Å². The molecule has 0 saturated heterocycles. The molecule has 1 aliphatic heterocycles. The number of ether oxygens (including phenoxy) is 3. The van der Waals surface area contributed by atoms with Gasteiger partial charge in [0.15, 0.2) is 0 Å². The van der Waals surface area contributed by atoms with Crippen LogP contribution in [0.5, 0.6) is 5.75 Å². The van der Waals surface area contributed by atoms with Crippen molar-refractivity contribution in [3.8, 4) is 5.75 Å². The molecule has 0 amide bonds. The number of carbonyl (C=O) groups excluding carboxylic acids is 2. The minimum absolute atomic E-state index is 0.0122. The van der Waals surface area contributed by atoms with Crippen molar-refractivity contribution in [3.05, 3.63) is 41.9 Å². The van der Waals surface area contributed by atoms with Gasteiger partial charge in [-0.25, -0.2) is 0 Å². The quantitative estimate of drug-likeness (QED) is 0.615. The number of hydrogen-bond acceptors (Lipinski definition) is 5. The lowest BCUT2D eigenvalue weighted by molar-refractivity contribution is -0.160. The van der Waals surface area contributed by atoms with Crippen molar-refractivity contribution in [2.24, 2.45) is 11.8 Å². The monoisotopic (exact) mass is 412 g/mol. The zero-order valence-electron chi connectivity index (χ0n) is 18.0. The van der Waals surface area contributed by atoms with Gasteiger partial charge >= 0.3 is 5.97 Å². The Kier molecular flexibility index (Phi) is 6.45. The van der Waals surface area contributed by atoms with Crippen LogP contribution in [0.25, 0.3) is 0 Å². The minimum Gasteiger partial charge on any atom is -0.493 e. The molecule has 4 rings (SSSR count). The number of carbonyl (C=O) groups is 2. The molecular weight excluding hydrogens is 380 g/mol. The Labute approximate surface area is 178 Å². The number of para-hydroxylation sites is 1. The highest BCUT2D eigenvalue weighted by atomic mass is 16.6. The lowest BCUT2D eigenvalue weighted by Crippen LogP contribution is -2.43. The van der Waals surface area contributed by atoms with Crippen LogP contribution in [0.15, 0.2) is 36.3 Å². The summed E-state index contributed by atoms with van der Waals surface area (Å²) in [5, 5.41) is 0. The van der Waals surface area contributed by atoms with E-state index >= 15 is 0 Å². The molecule has 30 heavy (non-hydrogen) atoms. The third kappa shape index (κ3) is 4.55. The molecule has 2 saturated carbocycles. The van der Waals surface area contributed by atoms with Gasteiger partial charge in [0.2, 0.25) is 11.5 Å². The zero-order chi connectivity index (χ0) is 21.1. The van der Waals surface area contributed by atoms with E-state index in [-0.39, 0.29) is 41.6 Å². The van der Waals surface area contributed by atoms with E-state index in [2.05, 4.69) is 13.8 Å². The molecule has 0 aromatic heterocycles. The second kappa shape index (κ2) is 9.23. The highest BCUT2D eigenvalue weighted by Gasteiger charge is 2.42. The molecule has 162 valence electrons. The third-order valence-corrected chi connectivity index (χ3v) is 6.66. The van der Waals surface area contributed by atoms with E-state index in [1.807, 2.05) is 24.3 Å². The topological polar surface area (TPSA) is 61.8 Å². The van der Waals surface area contributed by atoms with Gasteiger partial charge in [0.05, 0.1) is 11.8 Å². The summed E-state index contributed by atoms with van der Waals surface area (Å²) in [6, 6.07) is 7.78. The molecular formula is C25H32O5. The van der Waals surface area contributed by atoms with Crippen LogP contribution in [-0.4, -0.2) is 24.0 Å². The highest BCUT2D eigenvalue weighted by Crippen LogP contribution is 2.37. The van der Waals surface area contributed by atoms with E-state index in [1.54, 1.807) is 0 Å². The Hall–Kier alpha value is -2.30. The van der Waals surface area contributed by atoms with Gasteiger partial charge in [-0.15, -0.1) is 0 Å². The van der Waals surface area contributed by atoms with Gasteiger partial charge in [0, 0.05) is 6.42 Å². The lowest BCUT2D eigenvalue weighted by atomic mass is 9.80. The molecule has 1 aromatic rings. The molecule has 5 heteroatoms. The molecule has 1 heterocycles. The summed E-state index contributed by atoms with van der Waals surface area (Å²) in [5.74, 6) is 0.994. The van der Waals surface area contributed by atoms with E-state index < -0.39 is 0 Å². The van der Waals surface area contributed by atoms with Crippen LogP contribution in [0.2, 0.25) is 0 Å². The van der Waals surface area contributed by atoms with Crippen LogP contribution < -0.4 is 4.74 Å². The molecule has 2 aliphatic carbocycles. The Balaban J connectivity index is 1.37. The average Bonchev–Trinajstić information content (AvgIpc) is 2.76. The Morgan fingerprint density at radius 1 is 1.07 bits per heavy atom. The van der Waals surface area contributed by atoms with E-state index in [0.29, 0.717) is 30.9 Å². The number of benzene rings is 1. The molecule has 0 radical (unpaired) electrons. The smallest absolute Gasteiger partial charge is 0.309 e. The lowest BCUT2D eigenvalue weighted by Gasteiger charge is -2.37. The summed E-state index contributed by atoms with van der Waals surface area (Å²) in [6.07, 6.45) is 8.28. The number of hydrogen-bond donors (Lipinski definition) is 0. The van der Waals surface area contributed by atoms with Gasteiger partial charge in [-0.2, -0.15) is 0 Å². The summed E-state index contributed by atoms with van der Waals surface area (Å²) in [6.45, 7) is 4.20. The first-order chi connectivity index (χ1) is 14.5. The van der Waals surface area contributed by atoms with Crippen LogP contribution in [-0.2, 0) is 19.1 Å². The maximum absolute atomic E-state index is 13.0. The predicted molar refractivity (Wildman–Crippen MR) is 113 cm³/mol. The fourth-order valence-electron chi connectivity index (χ4n) is 4.88. The maximum Gasteiger partial charge on any atom is 0.309 e. The van der Waals surface area contributed by atoms with Gasteiger partial charge in [0.1, 0.15) is 24.2 Å². The zero-order valence-corrected chi connectivity index (χ0v) is 18.0. The molecule has 2 fully saturated rings. The Bertz CT molecular complexity index is 806. The van der Waals surface area contributed by atoms with Crippen molar-refractivity contribution in [1.29, 1.82) is 0 Å². The van der Waals surface area contributed by atoms with E-state index in [1.165, 1.54) is 12.7 Å². The van der Waals surface area contributed by atoms with E-state index in [4.69, 9.17) is 14.2 Å². The van der Waals surface area contributed by atoms with Gasteiger partial charge in [0.25, 0.3) is 0 Å². The van der Waals surface area contributed by atoms with Gasteiger partial charge < -0.3 is 14.2 Å². The summed E-state index contributed by atoms with van der Waals surface area (Å²) in [4.78, 5) is 25.5. The van der Waals surface area contributed by atoms with Crippen LogP contribution in [0, 0.1) is 11.8 Å². The maximum atomic E-state index is 13.0. The number of Topliss-reactive ketones (excluding diaryl/α,β-unsaturated/α-hetero) is 1. The fourth-order valence-corrected chi connectivity index (χ4v) is 4.88. The number of esters is 1. The second-order valence-corrected chi connectivity index (χ2v) is 9.13. The molecule has 0 spiro atoms. The first kappa shape index (κ1) is 21.0. The van der Waals surface area contributed by atoms with Crippen LogP contribution in [0.3, 0.4) is 0 Å². The molecule has 3 unspecified atom stereocenters. The van der Waals surface area contributed by atoms with Crippen molar-refractivity contribution >= 4 is 11.8 Å². The molecule has 1 aromatic carbocycles. The van der Waals surface area contributed by atoms with Crippen molar-refractivity contribution in [3.63, 3.8) is 0 Å². The first-order valence-corrected chi connectivity index (χ1v) is 11.4. The number of fused-ring (bicyclic) bond motifs is 1. The highest BCUT2D eigenvalue weighted by molar-refractivity contribution is 5.96. The Morgan fingerprint density at radius 2 is 1.83 bits per heavy atom. The summed E-state index contributed by atoms with van der Waals surface area (Å²) >= 11 is 0. The predicted octanol–water partition coefficient (Wildman–Crippen LogP) is 5.29. The van der Waals surface area contributed by atoms with Gasteiger partial charge in [-0.1, -0.05) is 51.3 Å². The number of rotatable bonds is 5. The van der Waals surface area contributed by atoms with Crippen LogP contribution in [0.1, 0.15) is 76.7 Å². The van der Waals surface area contributed by atoms with E-state index in [9.17, 15) is 9.59 Å². The Morgan fingerprint density at radius 3 is 2.60 bits per heavy atom. The average molecular weight is 413 g/mol. The first-order valence-electron chi connectivity index (χ1n) is 11.4. The second-order valence-electron chi connectivity index (χ2n) is 9.13. The molecule has 3 aliphatic rings. The SMILES string of the molecule is CC(C)c1ccccc1OC1=COC2CC(OC(=O)C3CCCCC3)CCC2C1=O. The van der Waals surface area contributed by atoms with Crippen molar-refractivity contribution in [2.45, 2.75) is 83.3 Å².